The zero-order valence-electron chi connectivity index (χ0n) is 26.8. The van der Waals surface area contributed by atoms with Gasteiger partial charge in [0, 0.05) is 42.2 Å². The smallest absolute Gasteiger partial charge is 0.355 e. The zero-order chi connectivity index (χ0) is 32.1. The number of rotatable bonds is 12. The van der Waals surface area contributed by atoms with Crippen molar-refractivity contribution in [3.05, 3.63) is 61.9 Å². The van der Waals surface area contributed by atoms with Gasteiger partial charge >= 0.3 is 17.9 Å². The molecule has 10 heteroatoms. The van der Waals surface area contributed by atoms with E-state index in [1.165, 1.54) is 19.8 Å². The fourth-order valence-electron chi connectivity index (χ4n) is 5.40. The van der Waals surface area contributed by atoms with Crippen molar-refractivity contribution in [2.75, 3.05) is 20.1 Å². The maximum absolute atomic E-state index is 13.1. The summed E-state index contributed by atoms with van der Waals surface area (Å²) in [5, 5.41) is 0. The lowest BCUT2D eigenvalue weighted by Gasteiger charge is -2.19. The van der Waals surface area contributed by atoms with Gasteiger partial charge < -0.3 is 24.2 Å². The predicted molar refractivity (Wildman–Crippen MR) is 169 cm³/mol. The van der Waals surface area contributed by atoms with E-state index in [2.05, 4.69) is 16.9 Å². The minimum Gasteiger partial charge on any atom is -0.469 e. The first-order valence-corrected chi connectivity index (χ1v) is 15.0. The molecule has 2 aromatic heterocycles. The van der Waals surface area contributed by atoms with Gasteiger partial charge in [0.15, 0.2) is 0 Å². The van der Waals surface area contributed by atoms with Gasteiger partial charge in [-0.15, -0.1) is 11.6 Å². The van der Waals surface area contributed by atoms with Gasteiger partial charge in [-0.25, -0.2) is 4.79 Å². The molecule has 9 nitrogen and oxygen atoms in total. The van der Waals surface area contributed by atoms with Crippen molar-refractivity contribution < 1.29 is 28.6 Å². The highest BCUT2D eigenvalue weighted by atomic mass is 35.5. The van der Waals surface area contributed by atoms with E-state index in [1.807, 2.05) is 47.6 Å². The second-order valence-corrected chi connectivity index (χ2v) is 12.2. The van der Waals surface area contributed by atoms with Crippen molar-refractivity contribution in [1.82, 2.24) is 9.97 Å². The van der Waals surface area contributed by atoms with Gasteiger partial charge in [-0.2, -0.15) is 0 Å². The van der Waals surface area contributed by atoms with Crippen molar-refractivity contribution >= 4 is 41.3 Å². The fourth-order valence-corrected chi connectivity index (χ4v) is 5.59. The van der Waals surface area contributed by atoms with Crippen LogP contribution in [0.1, 0.15) is 96.8 Å². The number of aromatic nitrogens is 2. The van der Waals surface area contributed by atoms with Gasteiger partial charge in [0.05, 0.1) is 25.6 Å². The third-order valence-corrected chi connectivity index (χ3v) is 7.92. The van der Waals surface area contributed by atoms with E-state index >= 15 is 0 Å². The van der Waals surface area contributed by atoms with Crippen molar-refractivity contribution in [3.8, 4) is 0 Å². The molecule has 2 aromatic rings. The Morgan fingerprint density at radius 2 is 1.51 bits per heavy atom. The van der Waals surface area contributed by atoms with Crippen molar-refractivity contribution in [2.45, 2.75) is 92.6 Å². The van der Waals surface area contributed by atoms with Crippen LogP contribution in [0.4, 0.5) is 0 Å². The number of esters is 3. The number of ether oxygens (including phenoxy) is 3. The number of aryl methyl sites for hydroxylation is 1. The van der Waals surface area contributed by atoms with E-state index in [0.29, 0.717) is 30.8 Å². The SMILES string of the molecule is COC(=O)CCC1=C(C)/C(=C/c2[nH]c(C)c(CCCl)c2C)N=C1Cc1[nH]c(C(=O)OC(C)(C)C)c(C)c1CCC(=O)OC. The maximum Gasteiger partial charge on any atom is 0.355 e. The average Bonchev–Trinajstić information content (AvgIpc) is 3.51. The van der Waals surface area contributed by atoms with Crippen LogP contribution in [-0.4, -0.2) is 59.3 Å². The number of methoxy groups -OCH3 is 2. The number of H-pyrrole nitrogens is 2. The third-order valence-electron chi connectivity index (χ3n) is 7.73. The number of allylic oxidation sites excluding steroid dienone is 2. The first-order valence-electron chi connectivity index (χ1n) is 14.5. The number of carbonyl (C=O) groups excluding carboxylic acids is 3. The quantitative estimate of drug-likeness (QED) is 0.162. The van der Waals surface area contributed by atoms with Crippen LogP contribution in [0.25, 0.3) is 6.08 Å². The highest BCUT2D eigenvalue weighted by molar-refractivity contribution is 6.18. The standard InChI is InChI=1S/C33H44ClN3O6/c1-18-22(14-15-34)21(4)35-25(18)16-26-19(2)23(10-12-29(38)41-8)27(36-26)17-28-24(11-13-30(39)42-9)20(3)31(37-28)32(40)43-33(5,6)7/h16,35,37H,10-15,17H2,1-9H3/b26-16-. The highest BCUT2D eigenvalue weighted by Crippen LogP contribution is 2.34. The molecule has 234 valence electrons. The molecule has 0 aliphatic carbocycles. The monoisotopic (exact) mass is 613 g/mol. The lowest BCUT2D eigenvalue weighted by atomic mass is 9.95. The summed E-state index contributed by atoms with van der Waals surface area (Å²) in [7, 11) is 2.73. The summed E-state index contributed by atoms with van der Waals surface area (Å²) in [6, 6.07) is 0. The fraction of sp³-hybridized carbons (Fsp3) is 0.515. The molecule has 0 atom stereocenters. The van der Waals surface area contributed by atoms with Gasteiger partial charge in [-0.05, 0) is 107 Å². The molecule has 43 heavy (non-hydrogen) atoms. The molecule has 0 fully saturated rings. The largest absolute Gasteiger partial charge is 0.469 e. The Labute approximate surface area is 259 Å². The molecule has 0 unspecified atom stereocenters. The van der Waals surface area contributed by atoms with Gasteiger partial charge in [-0.3, -0.25) is 14.6 Å². The minimum atomic E-state index is -0.672. The van der Waals surface area contributed by atoms with Gasteiger partial charge in [0.2, 0.25) is 0 Å². The topological polar surface area (TPSA) is 123 Å². The van der Waals surface area contributed by atoms with Crippen LogP contribution in [0.15, 0.2) is 21.8 Å². The number of carbonyl (C=O) groups is 3. The summed E-state index contributed by atoms with van der Waals surface area (Å²) < 4.78 is 15.4. The van der Waals surface area contributed by atoms with Gasteiger partial charge in [0.25, 0.3) is 0 Å². The van der Waals surface area contributed by atoms with Crippen LogP contribution in [0.5, 0.6) is 0 Å². The van der Waals surface area contributed by atoms with Crippen LogP contribution in [0.2, 0.25) is 0 Å². The lowest BCUT2D eigenvalue weighted by Crippen LogP contribution is -2.24. The van der Waals surface area contributed by atoms with E-state index in [4.69, 9.17) is 30.8 Å². The Morgan fingerprint density at radius 3 is 2.09 bits per heavy atom. The summed E-state index contributed by atoms with van der Waals surface area (Å²) in [6.45, 7) is 13.4. The predicted octanol–water partition coefficient (Wildman–Crippen LogP) is 6.42. The van der Waals surface area contributed by atoms with E-state index in [-0.39, 0.29) is 24.8 Å². The Kier molecular flexibility index (Phi) is 11.2. The number of nitrogens with one attached hydrogen (secondary N) is 2. The van der Waals surface area contributed by atoms with Crippen LogP contribution in [-0.2, 0) is 43.1 Å². The molecule has 3 heterocycles. The van der Waals surface area contributed by atoms with Crippen molar-refractivity contribution in [3.63, 3.8) is 0 Å². The average molecular weight is 614 g/mol. The lowest BCUT2D eigenvalue weighted by molar-refractivity contribution is -0.141. The third kappa shape index (κ3) is 8.28. The van der Waals surface area contributed by atoms with Crippen LogP contribution < -0.4 is 0 Å². The zero-order valence-corrected chi connectivity index (χ0v) is 27.6. The van der Waals surface area contributed by atoms with E-state index in [0.717, 1.165) is 62.7 Å². The van der Waals surface area contributed by atoms with Gasteiger partial charge in [0.1, 0.15) is 11.3 Å². The number of halogens is 1. The van der Waals surface area contributed by atoms with Crippen molar-refractivity contribution in [1.29, 1.82) is 0 Å². The maximum atomic E-state index is 13.1. The molecule has 0 radical (unpaired) electrons. The van der Waals surface area contributed by atoms with Crippen LogP contribution in [0.3, 0.4) is 0 Å². The molecule has 0 saturated carbocycles. The number of hydrogen-bond donors (Lipinski definition) is 2. The summed E-state index contributed by atoms with van der Waals surface area (Å²) in [6.07, 6.45) is 4.37. The first-order chi connectivity index (χ1) is 20.2. The number of hydrogen-bond acceptors (Lipinski definition) is 7. The number of aromatic amines is 2. The Bertz CT molecular complexity index is 1480. The number of alkyl halides is 1. The van der Waals surface area contributed by atoms with Crippen LogP contribution in [0, 0.1) is 20.8 Å². The molecule has 0 spiro atoms. The Balaban J connectivity index is 2.09. The summed E-state index contributed by atoms with van der Waals surface area (Å²) in [5.41, 5.74) is 9.87. The number of aliphatic imine (C=N–C) groups is 1. The molecule has 0 bridgehead atoms. The highest BCUT2D eigenvalue weighted by Gasteiger charge is 2.28. The summed E-state index contributed by atoms with van der Waals surface area (Å²) >= 11 is 6.04. The molecule has 0 saturated heterocycles. The van der Waals surface area contributed by atoms with E-state index in [1.54, 1.807) is 0 Å². The second kappa shape index (κ2) is 14.3. The molecule has 0 amide bonds. The minimum absolute atomic E-state index is 0.160. The molecule has 1 aliphatic heterocycles. The second-order valence-electron chi connectivity index (χ2n) is 11.8. The molecular weight excluding hydrogens is 570 g/mol. The molecule has 1 aliphatic rings. The van der Waals surface area contributed by atoms with Gasteiger partial charge in [-0.1, -0.05) is 0 Å². The van der Waals surface area contributed by atoms with E-state index < -0.39 is 11.6 Å². The van der Waals surface area contributed by atoms with E-state index in [9.17, 15) is 14.4 Å². The Hall–Kier alpha value is -3.59. The molecule has 0 aromatic carbocycles. The van der Waals surface area contributed by atoms with Crippen molar-refractivity contribution in [2.24, 2.45) is 4.99 Å². The summed E-state index contributed by atoms with van der Waals surface area (Å²) in [4.78, 5) is 49.1. The first kappa shape index (κ1) is 33.9. The summed E-state index contributed by atoms with van der Waals surface area (Å²) in [5.74, 6) is -0.575. The number of nitrogens with zero attached hydrogens (tertiary/aromatic N) is 1. The normalized spacial score (nSPS) is 14.4. The molecular formula is C33H44ClN3O6. The van der Waals surface area contributed by atoms with Crippen LogP contribution >= 0.6 is 11.6 Å². The molecule has 3 rings (SSSR count). The Morgan fingerprint density at radius 1 is 0.884 bits per heavy atom. The molecule has 2 N–H and O–H groups in total.